The number of hydrogen-bond acceptors (Lipinski definition) is 14. The molecule has 24 heteroatoms. The highest BCUT2D eigenvalue weighted by Crippen LogP contribution is 2.22. The molecule has 0 radical (unpaired) electrons. The number of aliphatic carboxylic acids is 2. The predicted molar refractivity (Wildman–Crippen MR) is 257 cm³/mol. The highest BCUT2D eigenvalue weighted by molar-refractivity contribution is 5.98. The van der Waals surface area contributed by atoms with E-state index in [0.29, 0.717) is 24.0 Å². The van der Waals surface area contributed by atoms with Gasteiger partial charge in [-0.2, -0.15) is 0 Å². The number of nitrogens with one attached hydrogen (secondary N) is 6. The third-order valence-corrected chi connectivity index (χ3v) is 12.2. The second kappa shape index (κ2) is 27.9. The van der Waals surface area contributed by atoms with Gasteiger partial charge in [0.2, 0.25) is 47.3 Å². The molecule has 2 aromatic rings. The number of carbonyl (C=O) groups is 10. The van der Waals surface area contributed by atoms with Crippen molar-refractivity contribution in [1.82, 2.24) is 36.8 Å². The summed E-state index contributed by atoms with van der Waals surface area (Å²) >= 11 is 0. The van der Waals surface area contributed by atoms with Crippen LogP contribution >= 0.6 is 0 Å². The van der Waals surface area contributed by atoms with Gasteiger partial charge in [-0.05, 0) is 86.3 Å². The van der Waals surface area contributed by atoms with Gasteiger partial charge in [-0.15, -0.1) is 0 Å². The Morgan fingerprint density at radius 1 is 0.639 bits per heavy atom. The minimum absolute atomic E-state index is 0.00773. The average molecular weight is 1010 g/mol. The van der Waals surface area contributed by atoms with Crippen molar-refractivity contribution >= 4 is 59.2 Å². The number of aromatic hydroxyl groups is 2. The first-order valence-corrected chi connectivity index (χ1v) is 23.7. The maximum Gasteiger partial charge on any atom is 0.326 e. The molecule has 15 N–H and O–H groups in total. The number of rotatable bonds is 28. The summed E-state index contributed by atoms with van der Waals surface area (Å²) in [4.78, 5) is 134. The molecule has 8 amide bonds. The summed E-state index contributed by atoms with van der Waals surface area (Å²) in [5.41, 5.74) is 12.5. The lowest BCUT2D eigenvalue weighted by Gasteiger charge is -2.32. The standard InChI is InChI=1S/C48H69N9O15/c1-6-25(4)39(48(71)72)55-44(67)34(23-28-11-15-30(60)16-12-28)53-42(65)32(17-19-36(50)61)51-45(68)35-8-7-21-57(35)47(70)38(24(2)3)54-43(66)33(18-20-37(62)63)52-46(69)40(26(5)58)56-41(64)31(49)22-27-9-13-29(59)14-10-27/h9-16,24-26,31-35,38-40,58-60H,6-8,17-23,49H2,1-5H3,(H2,50,61)(H,51,68)(H,52,69)(H,53,65)(H,54,66)(H,55,67)(H,56,64)(H,62,63)(H,71,72)/t25-,26+,31-,32-,33-,34+,35-,38+,39-,40+/m0/s1. The Hall–Kier alpha value is -7.34. The topological polar surface area (TPSA) is 399 Å². The van der Waals surface area contributed by atoms with Crippen molar-refractivity contribution in [2.45, 2.75) is 147 Å². The van der Waals surface area contributed by atoms with E-state index in [9.17, 15) is 73.5 Å². The monoisotopic (exact) mass is 1010 g/mol. The summed E-state index contributed by atoms with van der Waals surface area (Å²) in [5, 5.41) is 64.1. The summed E-state index contributed by atoms with van der Waals surface area (Å²) in [6.07, 6.45) is -2.87. The Bertz CT molecular complexity index is 2240. The molecule has 24 nitrogen and oxygen atoms in total. The first-order valence-electron chi connectivity index (χ1n) is 23.7. The Labute approximate surface area is 416 Å². The van der Waals surface area contributed by atoms with E-state index < -0.39 is 145 Å². The number of carboxylic acids is 2. The summed E-state index contributed by atoms with van der Waals surface area (Å²) in [5.74, 6) is -11.1. The van der Waals surface area contributed by atoms with Crippen LogP contribution in [0.1, 0.15) is 90.7 Å². The second-order valence-electron chi connectivity index (χ2n) is 18.3. The van der Waals surface area contributed by atoms with E-state index in [1.807, 2.05) is 0 Å². The molecule has 72 heavy (non-hydrogen) atoms. The number of aliphatic hydroxyl groups excluding tert-OH is 1. The van der Waals surface area contributed by atoms with E-state index in [0.717, 1.165) is 0 Å². The first kappa shape index (κ1) is 59.0. The van der Waals surface area contributed by atoms with Crippen LogP contribution in [0.25, 0.3) is 0 Å². The fourth-order valence-corrected chi connectivity index (χ4v) is 7.80. The van der Waals surface area contributed by atoms with E-state index in [1.165, 1.54) is 60.4 Å². The molecular weight excluding hydrogens is 943 g/mol. The normalized spacial score (nSPS) is 17.1. The van der Waals surface area contributed by atoms with Gasteiger partial charge in [0.1, 0.15) is 53.8 Å². The van der Waals surface area contributed by atoms with Gasteiger partial charge < -0.3 is 73.8 Å². The van der Waals surface area contributed by atoms with Crippen LogP contribution in [-0.4, -0.2) is 151 Å². The maximum absolute atomic E-state index is 14.3. The van der Waals surface area contributed by atoms with Gasteiger partial charge in [-0.1, -0.05) is 58.4 Å². The molecule has 1 fully saturated rings. The highest BCUT2D eigenvalue weighted by Gasteiger charge is 2.41. The lowest BCUT2D eigenvalue weighted by atomic mass is 9.98. The van der Waals surface area contributed by atoms with Crippen molar-refractivity contribution < 1.29 is 73.5 Å². The Kier molecular flexibility index (Phi) is 22.8. The number of primary amides is 1. The number of nitrogens with zero attached hydrogens (tertiary/aromatic N) is 1. The molecule has 1 aliphatic heterocycles. The number of carboxylic acid groups (broad SMARTS) is 2. The van der Waals surface area contributed by atoms with Gasteiger partial charge in [0.05, 0.1) is 12.1 Å². The van der Waals surface area contributed by atoms with Crippen LogP contribution in [0.5, 0.6) is 11.5 Å². The summed E-state index contributed by atoms with van der Waals surface area (Å²) < 4.78 is 0. The maximum atomic E-state index is 14.3. The summed E-state index contributed by atoms with van der Waals surface area (Å²) in [7, 11) is 0. The Morgan fingerprint density at radius 2 is 1.12 bits per heavy atom. The largest absolute Gasteiger partial charge is 0.508 e. The van der Waals surface area contributed by atoms with Crippen molar-refractivity contribution in [3.8, 4) is 11.5 Å². The molecule has 1 aliphatic rings. The van der Waals surface area contributed by atoms with E-state index in [1.54, 1.807) is 27.7 Å². The zero-order valence-electron chi connectivity index (χ0n) is 41.0. The minimum Gasteiger partial charge on any atom is -0.508 e. The number of aliphatic hydroxyl groups is 1. The third kappa shape index (κ3) is 18.1. The molecule has 0 aromatic heterocycles. The minimum atomic E-state index is -1.68. The van der Waals surface area contributed by atoms with Crippen LogP contribution < -0.4 is 43.4 Å². The molecule has 0 bridgehead atoms. The zero-order chi connectivity index (χ0) is 54.0. The molecule has 1 saturated heterocycles. The van der Waals surface area contributed by atoms with Crippen molar-refractivity contribution in [3.05, 3.63) is 59.7 Å². The number of phenolic OH excluding ortho intramolecular Hbond substituents is 2. The van der Waals surface area contributed by atoms with Gasteiger partial charge in [0.15, 0.2) is 0 Å². The Morgan fingerprint density at radius 3 is 1.64 bits per heavy atom. The number of amides is 8. The van der Waals surface area contributed by atoms with Crippen LogP contribution in [-0.2, 0) is 60.8 Å². The van der Waals surface area contributed by atoms with Crippen molar-refractivity contribution in [2.24, 2.45) is 23.3 Å². The number of phenols is 2. The fourth-order valence-electron chi connectivity index (χ4n) is 7.80. The predicted octanol–water partition coefficient (Wildman–Crippen LogP) is -1.59. The molecule has 1 heterocycles. The lowest BCUT2D eigenvalue weighted by Crippen LogP contribution is -2.61. The number of carbonyl (C=O) groups excluding carboxylic acids is 8. The Balaban J connectivity index is 1.83. The molecule has 396 valence electrons. The fraction of sp³-hybridized carbons (Fsp3) is 0.542. The molecular formula is C48H69N9O15. The van der Waals surface area contributed by atoms with Crippen LogP contribution in [0.2, 0.25) is 0 Å². The summed E-state index contributed by atoms with van der Waals surface area (Å²) in [6.45, 7) is 7.71. The molecule has 10 atom stereocenters. The number of nitrogens with two attached hydrogens (primary N) is 2. The zero-order valence-corrected chi connectivity index (χ0v) is 41.0. The van der Waals surface area contributed by atoms with Crippen LogP contribution in [0.15, 0.2) is 48.5 Å². The molecule has 0 aliphatic carbocycles. The SMILES string of the molecule is CC[C@H](C)[C@H](NC(=O)[C@@H](Cc1ccc(O)cc1)NC(=O)[C@H](CCC(N)=O)NC(=O)[C@@H]1CCCN1C(=O)[C@H](NC(=O)[C@H](CCC(=O)O)NC(=O)[C@H](NC(=O)[C@@H](N)Cc1ccc(O)cc1)[C@@H](C)O)C(C)C)C(=O)O. The average Bonchev–Trinajstić information content (AvgIpc) is 3.82. The van der Waals surface area contributed by atoms with Crippen molar-refractivity contribution in [3.63, 3.8) is 0 Å². The van der Waals surface area contributed by atoms with Crippen molar-refractivity contribution in [2.75, 3.05) is 6.54 Å². The van der Waals surface area contributed by atoms with Gasteiger partial charge in [0, 0.05) is 25.8 Å². The molecule has 3 rings (SSSR count). The number of hydrogen-bond donors (Lipinski definition) is 13. The van der Waals surface area contributed by atoms with E-state index in [2.05, 4.69) is 31.9 Å². The van der Waals surface area contributed by atoms with Gasteiger partial charge in [0.25, 0.3) is 0 Å². The van der Waals surface area contributed by atoms with E-state index in [4.69, 9.17) is 11.5 Å². The van der Waals surface area contributed by atoms with Gasteiger partial charge in [-0.25, -0.2) is 4.79 Å². The molecule has 0 saturated carbocycles. The van der Waals surface area contributed by atoms with Gasteiger partial charge in [-0.3, -0.25) is 43.2 Å². The number of likely N-dealkylation sites (tertiary alicyclic amines) is 1. The quantitative estimate of drug-likeness (QED) is 0.0457. The highest BCUT2D eigenvalue weighted by atomic mass is 16.4. The second-order valence-corrected chi connectivity index (χ2v) is 18.3. The molecule has 2 aromatic carbocycles. The third-order valence-electron chi connectivity index (χ3n) is 12.2. The molecule has 0 unspecified atom stereocenters. The first-order chi connectivity index (χ1) is 33.8. The number of benzene rings is 2. The van der Waals surface area contributed by atoms with E-state index in [-0.39, 0.29) is 43.7 Å². The smallest absolute Gasteiger partial charge is 0.326 e. The van der Waals surface area contributed by atoms with Crippen molar-refractivity contribution in [1.29, 1.82) is 0 Å². The van der Waals surface area contributed by atoms with E-state index >= 15 is 0 Å². The lowest BCUT2D eigenvalue weighted by molar-refractivity contribution is -0.144. The summed E-state index contributed by atoms with van der Waals surface area (Å²) in [6, 6.07) is 0.101. The van der Waals surface area contributed by atoms with Crippen LogP contribution in [0.4, 0.5) is 0 Å². The van der Waals surface area contributed by atoms with Crippen LogP contribution in [0.3, 0.4) is 0 Å². The van der Waals surface area contributed by atoms with Crippen LogP contribution in [0, 0.1) is 11.8 Å². The molecule has 0 spiro atoms. The van der Waals surface area contributed by atoms with Gasteiger partial charge >= 0.3 is 11.9 Å².